The minimum absolute atomic E-state index is 0.820. The lowest BCUT2D eigenvalue weighted by atomic mass is 9.76. The third-order valence-electron chi connectivity index (χ3n) is 5.73. The Labute approximate surface area is 126 Å². The summed E-state index contributed by atoms with van der Waals surface area (Å²) in [6.45, 7) is 7.94. The number of rotatable bonds is 7. The summed E-state index contributed by atoms with van der Waals surface area (Å²) in [7, 11) is 0. The fraction of sp³-hybridized carbons (Fsp3) is 0.895. The molecule has 20 heavy (non-hydrogen) atoms. The summed E-state index contributed by atoms with van der Waals surface area (Å²) in [6.07, 6.45) is 16.6. The predicted octanol–water partition coefficient (Wildman–Crippen LogP) is 5.60. The lowest BCUT2D eigenvalue weighted by Gasteiger charge is -2.31. The Morgan fingerprint density at radius 2 is 1.35 bits per heavy atom. The number of hydrogen-bond donors (Lipinski definition) is 0. The zero-order valence-electron chi connectivity index (χ0n) is 13.5. The van der Waals surface area contributed by atoms with Crippen molar-refractivity contribution in [2.24, 2.45) is 23.7 Å². The molecule has 0 saturated heterocycles. The molecule has 1 heteroatoms. The summed E-state index contributed by atoms with van der Waals surface area (Å²) in [4.78, 5) is 0. The van der Waals surface area contributed by atoms with E-state index in [1.54, 1.807) is 0 Å². The van der Waals surface area contributed by atoms with Crippen molar-refractivity contribution < 1.29 is 4.74 Å². The van der Waals surface area contributed by atoms with Gasteiger partial charge < -0.3 is 4.74 Å². The van der Waals surface area contributed by atoms with Crippen LogP contribution in [0.5, 0.6) is 0 Å². The maximum atomic E-state index is 5.58. The van der Waals surface area contributed by atoms with Crippen LogP contribution in [0.3, 0.4) is 0 Å². The molecule has 0 N–H and O–H groups in total. The van der Waals surface area contributed by atoms with Gasteiger partial charge in [0.25, 0.3) is 0 Å². The van der Waals surface area contributed by atoms with E-state index in [2.05, 4.69) is 19.6 Å². The number of hydrogen-bond acceptors (Lipinski definition) is 1. The first-order valence-electron chi connectivity index (χ1n) is 9.02. The summed E-state index contributed by atoms with van der Waals surface area (Å²) in [5.41, 5.74) is 0. The van der Waals surface area contributed by atoms with Crippen molar-refractivity contribution in [1.82, 2.24) is 0 Å². The van der Waals surface area contributed by atoms with Crippen molar-refractivity contribution in [2.45, 2.75) is 71.1 Å². The molecule has 0 unspecified atom stereocenters. The van der Waals surface area contributed by atoms with Crippen LogP contribution < -0.4 is 0 Å². The van der Waals surface area contributed by atoms with Crippen LogP contribution in [0.25, 0.3) is 0 Å². The van der Waals surface area contributed by atoms with Gasteiger partial charge in [0.2, 0.25) is 0 Å². The normalized spacial score (nSPS) is 34.9. The van der Waals surface area contributed by atoms with E-state index in [0.717, 1.165) is 36.9 Å². The highest BCUT2D eigenvalue weighted by molar-refractivity contribution is 4.84. The van der Waals surface area contributed by atoms with E-state index < -0.39 is 0 Å². The lowest BCUT2D eigenvalue weighted by molar-refractivity contribution is 0.0844. The SMILES string of the molecule is C=C[C@H]1CC[C@H](CC[C@H]2CC[C@H](COCC)CC2)CC1. The molecular weight excluding hydrogens is 244 g/mol. The van der Waals surface area contributed by atoms with Crippen molar-refractivity contribution in [3.05, 3.63) is 12.7 Å². The molecule has 2 fully saturated rings. The first kappa shape index (κ1) is 16.1. The maximum Gasteiger partial charge on any atom is 0.0494 e. The highest BCUT2D eigenvalue weighted by atomic mass is 16.5. The lowest BCUT2D eigenvalue weighted by Crippen LogP contribution is -2.20. The standard InChI is InChI=1S/C19H34O/c1-3-16-5-7-17(8-6-16)9-10-18-11-13-19(14-12-18)15-20-4-2/h3,16-19H,1,4-15H2,2H3/t16-,17-,18-,19-. The Kier molecular flexibility index (Phi) is 7.13. The molecule has 0 spiro atoms. The molecular formula is C19H34O. The Bertz CT molecular complexity index is 257. The molecule has 0 atom stereocenters. The minimum atomic E-state index is 0.820. The fourth-order valence-electron chi connectivity index (χ4n) is 4.16. The summed E-state index contributed by atoms with van der Waals surface area (Å²) in [6, 6.07) is 0. The molecule has 0 amide bonds. The van der Waals surface area contributed by atoms with Crippen molar-refractivity contribution >= 4 is 0 Å². The summed E-state index contributed by atoms with van der Waals surface area (Å²) >= 11 is 0. The number of ether oxygens (including phenoxy) is 1. The van der Waals surface area contributed by atoms with Gasteiger partial charge in [-0.3, -0.25) is 0 Å². The molecule has 0 aromatic rings. The highest BCUT2D eigenvalue weighted by Gasteiger charge is 2.24. The highest BCUT2D eigenvalue weighted by Crippen LogP contribution is 2.36. The second kappa shape index (κ2) is 8.87. The molecule has 0 radical (unpaired) electrons. The third kappa shape index (κ3) is 5.24. The van der Waals surface area contributed by atoms with Crippen LogP contribution in [-0.4, -0.2) is 13.2 Å². The first-order valence-corrected chi connectivity index (χ1v) is 9.02. The summed E-state index contributed by atoms with van der Waals surface area (Å²) in [5.74, 6) is 3.71. The van der Waals surface area contributed by atoms with Gasteiger partial charge in [-0.05, 0) is 69.1 Å². The molecule has 0 heterocycles. The van der Waals surface area contributed by atoms with Gasteiger partial charge in [-0.25, -0.2) is 0 Å². The van der Waals surface area contributed by atoms with Crippen LogP contribution in [-0.2, 0) is 4.74 Å². The molecule has 0 aliphatic heterocycles. The largest absolute Gasteiger partial charge is 0.381 e. The van der Waals surface area contributed by atoms with Crippen LogP contribution in [0.4, 0.5) is 0 Å². The van der Waals surface area contributed by atoms with E-state index in [-0.39, 0.29) is 0 Å². The van der Waals surface area contributed by atoms with E-state index in [0.29, 0.717) is 0 Å². The van der Waals surface area contributed by atoms with Crippen LogP contribution >= 0.6 is 0 Å². The third-order valence-corrected chi connectivity index (χ3v) is 5.73. The van der Waals surface area contributed by atoms with Crippen molar-refractivity contribution in [3.63, 3.8) is 0 Å². The van der Waals surface area contributed by atoms with E-state index in [4.69, 9.17) is 4.74 Å². The monoisotopic (exact) mass is 278 g/mol. The van der Waals surface area contributed by atoms with Crippen LogP contribution in [0.1, 0.15) is 71.1 Å². The Morgan fingerprint density at radius 3 is 1.85 bits per heavy atom. The van der Waals surface area contributed by atoms with Crippen molar-refractivity contribution in [3.8, 4) is 0 Å². The number of allylic oxidation sites excluding steroid dienone is 1. The Balaban J connectivity index is 1.56. The molecule has 2 saturated carbocycles. The van der Waals surface area contributed by atoms with E-state index >= 15 is 0 Å². The van der Waals surface area contributed by atoms with E-state index in [9.17, 15) is 0 Å². The average molecular weight is 278 g/mol. The molecule has 2 rings (SSSR count). The molecule has 0 aromatic carbocycles. The van der Waals surface area contributed by atoms with Crippen molar-refractivity contribution in [2.75, 3.05) is 13.2 Å². The fourth-order valence-corrected chi connectivity index (χ4v) is 4.16. The van der Waals surface area contributed by atoms with Gasteiger partial charge in [0, 0.05) is 13.2 Å². The van der Waals surface area contributed by atoms with Gasteiger partial charge in [0.15, 0.2) is 0 Å². The predicted molar refractivity (Wildman–Crippen MR) is 86.8 cm³/mol. The Morgan fingerprint density at radius 1 is 0.850 bits per heavy atom. The quantitative estimate of drug-likeness (QED) is 0.551. The van der Waals surface area contributed by atoms with Gasteiger partial charge >= 0.3 is 0 Å². The second-order valence-electron chi connectivity index (χ2n) is 7.14. The molecule has 2 aliphatic rings. The molecule has 1 nitrogen and oxygen atoms in total. The summed E-state index contributed by atoms with van der Waals surface area (Å²) < 4.78 is 5.58. The van der Waals surface area contributed by atoms with Gasteiger partial charge in [-0.15, -0.1) is 6.58 Å². The van der Waals surface area contributed by atoms with Gasteiger partial charge in [0.1, 0.15) is 0 Å². The topological polar surface area (TPSA) is 9.23 Å². The Hall–Kier alpha value is -0.300. The first-order chi connectivity index (χ1) is 9.81. The van der Waals surface area contributed by atoms with Crippen LogP contribution in [0.15, 0.2) is 12.7 Å². The van der Waals surface area contributed by atoms with Gasteiger partial charge in [-0.2, -0.15) is 0 Å². The van der Waals surface area contributed by atoms with E-state index in [1.807, 2.05) is 0 Å². The second-order valence-corrected chi connectivity index (χ2v) is 7.14. The average Bonchev–Trinajstić information content (AvgIpc) is 2.52. The summed E-state index contributed by atoms with van der Waals surface area (Å²) in [5, 5.41) is 0. The molecule has 116 valence electrons. The smallest absolute Gasteiger partial charge is 0.0494 e. The van der Waals surface area contributed by atoms with Gasteiger partial charge in [-0.1, -0.05) is 31.8 Å². The zero-order valence-corrected chi connectivity index (χ0v) is 13.5. The minimum Gasteiger partial charge on any atom is -0.381 e. The van der Waals surface area contributed by atoms with Crippen LogP contribution in [0.2, 0.25) is 0 Å². The molecule has 0 bridgehead atoms. The van der Waals surface area contributed by atoms with E-state index in [1.165, 1.54) is 64.2 Å². The van der Waals surface area contributed by atoms with Crippen LogP contribution in [0, 0.1) is 23.7 Å². The molecule has 0 aromatic heterocycles. The van der Waals surface area contributed by atoms with Crippen molar-refractivity contribution in [1.29, 1.82) is 0 Å². The molecule has 2 aliphatic carbocycles. The zero-order chi connectivity index (χ0) is 14.2. The maximum absolute atomic E-state index is 5.58. The van der Waals surface area contributed by atoms with Gasteiger partial charge in [0.05, 0.1) is 0 Å².